The Labute approximate surface area is 201 Å². The summed E-state index contributed by atoms with van der Waals surface area (Å²) in [5.41, 5.74) is 0. The molecule has 2 atom stereocenters. The average molecular weight is 485 g/mol. The van der Waals surface area contributed by atoms with Crippen LogP contribution in [-0.2, 0) is 24.0 Å². The van der Waals surface area contributed by atoms with Gasteiger partial charge in [0.25, 0.3) is 0 Å². The molecule has 1 aliphatic heterocycles. The number of carboxylic acid groups (broad SMARTS) is 2. The van der Waals surface area contributed by atoms with Crippen LogP contribution in [0.25, 0.3) is 0 Å². The molecule has 11 heteroatoms. The number of aliphatic carboxylic acids is 2. The van der Waals surface area contributed by atoms with E-state index in [2.05, 4.69) is 16.0 Å². The lowest BCUT2D eigenvalue weighted by Crippen LogP contribution is -2.55. The third-order valence-corrected chi connectivity index (χ3v) is 6.04. The third-order valence-electron chi connectivity index (χ3n) is 6.04. The number of nitrogens with zero attached hydrogens (tertiary/aromatic N) is 1. The molecule has 5 N–H and O–H groups in total. The minimum atomic E-state index is -1.45. The summed E-state index contributed by atoms with van der Waals surface area (Å²) in [5, 5.41) is 26.3. The molecule has 1 fully saturated rings. The van der Waals surface area contributed by atoms with E-state index in [1.165, 1.54) is 4.90 Å². The SMILES string of the molecule is CCN(CC(=O)N[C@@H](CC(=O)O)C(=O)N[C@H](C(=O)O)C(C)C)C(=O)CCCCC1CCNCC1. The van der Waals surface area contributed by atoms with Crippen LogP contribution in [0.2, 0.25) is 0 Å². The zero-order chi connectivity index (χ0) is 25.7. The molecule has 0 radical (unpaired) electrons. The number of hydrogen-bond acceptors (Lipinski definition) is 6. The van der Waals surface area contributed by atoms with Gasteiger partial charge in [-0.25, -0.2) is 4.79 Å². The van der Waals surface area contributed by atoms with E-state index >= 15 is 0 Å². The molecule has 0 aromatic heterocycles. The van der Waals surface area contributed by atoms with Gasteiger partial charge in [0, 0.05) is 13.0 Å². The predicted octanol–water partition coefficient (Wildman–Crippen LogP) is 0.580. The second-order valence-corrected chi connectivity index (χ2v) is 9.13. The number of carbonyl (C=O) groups is 5. The lowest BCUT2D eigenvalue weighted by Gasteiger charge is -2.25. The molecule has 0 aliphatic carbocycles. The second kappa shape index (κ2) is 15.3. The van der Waals surface area contributed by atoms with E-state index in [1.54, 1.807) is 20.8 Å². The van der Waals surface area contributed by atoms with E-state index in [0.717, 1.165) is 45.2 Å². The summed E-state index contributed by atoms with van der Waals surface area (Å²) in [4.78, 5) is 61.4. The maximum absolute atomic E-state index is 12.6. The van der Waals surface area contributed by atoms with E-state index < -0.39 is 48.2 Å². The summed E-state index contributed by atoms with van der Waals surface area (Å²) >= 11 is 0. The molecular formula is C23H40N4O7. The number of carbonyl (C=O) groups excluding carboxylic acids is 3. The summed E-state index contributed by atoms with van der Waals surface area (Å²) < 4.78 is 0. The maximum Gasteiger partial charge on any atom is 0.326 e. The molecule has 0 saturated carbocycles. The molecule has 3 amide bonds. The van der Waals surface area contributed by atoms with Crippen molar-refractivity contribution in [2.24, 2.45) is 11.8 Å². The van der Waals surface area contributed by atoms with Crippen LogP contribution in [0.15, 0.2) is 0 Å². The quantitative estimate of drug-likeness (QED) is 0.211. The molecule has 0 unspecified atom stereocenters. The van der Waals surface area contributed by atoms with Gasteiger partial charge >= 0.3 is 11.9 Å². The molecule has 1 rings (SSSR count). The van der Waals surface area contributed by atoms with Crippen molar-refractivity contribution >= 4 is 29.7 Å². The van der Waals surface area contributed by atoms with Crippen LogP contribution in [0.1, 0.15) is 65.7 Å². The third kappa shape index (κ3) is 11.0. The van der Waals surface area contributed by atoms with Crippen LogP contribution in [0.5, 0.6) is 0 Å². The Morgan fingerprint density at radius 1 is 1.03 bits per heavy atom. The first kappa shape index (κ1) is 29.3. The van der Waals surface area contributed by atoms with Crippen LogP contribution < -0.4 is 16.0 Å². The monoisotopic (exact) mass is 484 g/mol. The highest BCUT2D eigenvalue weighted by atomic mass is 16.4. The fourth-order valence-corrected chi connectivity index (χ4v) is 3.98. The molecule has 194 valence electrons. The van der Waals surface area contributed by atoms with Crippen molar-refractivity contribution in [1.29, 1.82) is 0 Å². The number of likely N-dealkylation sites (N-methyl/N-ethyl adjacent to an activating group) is 1. The van der Waals surface area contributed by atoms with E-state index in [9.17, 15) is 29.1 Å². The van der Waals surface area contributed by atoms with Crippen LogP contribution in [-0.4, -0.2) is 83.0 Å². The zero-order valence-corrected chi connectivity index (χ0v) is 20.5. The van der Waals surface area contributed by atoms with Gasteiger partial charge in [0.15, 0.2) is 0 Å². The Balaban J connectivity index is 2.58. The van der Waals surface area contributed by atoms with Gasteiger partial charge in [0.1, 0.15) is 12.1 Å². The largest absolute Gasteiger partial charge is 0.481 e. The lowest BCUT2D eigenvalue weighted by atomic mass is 9.92. The molecule has 0 bridgehead atoms. The van der Waals surface area contributed by atoms with Crippen LogP contribution in [0.3, 0.4) is 0 Å². The number of rotatable bonds is 15. The van der Waals surface area contributed by atoms with Crippen LogP contribution in [0.4, 0.5) is 0 Å². The topological polar surface area (TPSA) is 165 Å². The molecule has 0 spiro atoms. The van der Waals surface area contributed by atoms with Crippen molar-refractivity contribution < 1.29 is 34.2 Å². The molecule has 0 aromatic rings. The van der Waals surface area contributed by atoms with Crippen molar-refractivity contribution in [2.45, 2.75) is 77.8 Å². The van der Waals surface area contributed by atoms with Crippen molar-refractivity contribution in [3.8, 4) is 0 Å². The van der Waals surface area contributed by atoms with Gasteiger partial charge in [-0.15, -0.1) is 0 Å². The molecular weight excluding hydrogens is 444 g/mol. The van der Waals surface area contributed by atoms with E-state index in [-0.39, 0.29) is 12.5 Å². The summed E-state index contributed by atoms with van der Waals surface area (Å²) in [7, 11) is 0. The van der Waals surface area contributed by atoms with Crippen molar-refractivity contribution in [3.05, 3.63) is 0 Å². The molecule has 1 heterocycles. The number of unbranched alkanes of at least 4 members (excludes halogenated alkanes) is 1. The van der Waals surface area contributed by atoms with Gasteiger partial charge in [-0.05, 0) is 51.1 Å². The standard InChI is InChI=1S/C23H40N4O7/c1-4-27(19(29)8-6-5-7-16-9-11-24-12-10-16)14-18(28)25-17(13-20(30)31)22(32)26-21(15(2)3)23(33)34/h15-17,21,24H,4-14H2,1-3H3,(H,25,28)(H,26,32)(H,30,31)(H,33,34)/t17-,21-/m0/s1. The van der Waals surface area contributed by atoms with Crippen molar-refractivity contribution in [1.82, 2.24) is 20.9 Å². The van der Waals surface area contributed by atoms with Crippen molar-refractivity contribution in [2.75, 3.05) is 26.2 Å². The highest BCUT2D eigenvalue weighted by molar-refractivity contribution is 5.94. The first-order chi connectivity index (χ1) is 16.0. The summed E-state index contributed by atoms with van der Waals surface area (Å²) in [6, 6.07) is -2.68. The number of amides is 3. The lowest BCUT2D eigenvalue weighted by molar-refractivity contribution is -0.144. The van der Waals surface area contributed by atoms with Gasteiger partial charge in [-0.3, -0.25) is 19.2 Å². The smallest absolute Gasteiger partial charge is 0.326 e. The van der Waals surface area contributed by atoms with Crippen LogP contribution in [0, 0.1) is 11.8 Å². The van der Waals surface area contributed by atoms with Gasteiger partial charge in [0.05, 0.1) is 13.0 Å². The summed E-state index contributed by atoms with van der Waals surface area (Å²) in [5.74, 6) is -4.08. The number of nitrogens with one attached hydrogen (secondary N) is 3. The first-order valence-electron chi connectivity index (χ1n) is 12.1. The van der Waals surface area contributed by atoms with Gasteiger partial charge in [-0.1, -0.05) is 26.7 Å². The molecule has 11 nitrogen and oxygen atoms in total. The van der Waals surface area contributed by atoms with Crippen LogP contribution >= 0.6 is 0 Å². The highest BCUT2D eigenvalue weighted by Crippen LogP contribution is 2.19. The molecule has 34 heavy (non-hydrogen) atoms. The average Bonchev–Trinajstić information content (AvgIpc) is 2.77. The molecule has 1 saturated heterocycles. The van der Waals surface area contributed by atoms with Crippen molar-refractivity contribution in [3.63, 3.8) is 0 Å². The molecule has 0 aromatic carbocycles. The Bertz CT molecular complexity index is 707. The van der Waals surface area contributed by atoms with E-state index in [4.69, 9.17) is 5.11 Å². The fraction of sp³-hybridized carbons (Fsp3) is 0.783. The fourth-order valence-electron chi connectivity index (χ4n) is 3.98. The summed E-state index contributed by atoms with van der Waals surface area (Å²) in [6.07, 6.45) is 4.69. The summed E-state index contributed by atoms with van der Waals surface area (Å²) in [6.45, 7) is 7.00. The maximum atomic E-state index is 12.6. The zero-order valence-electron chi connectivity index (χ0n) is 20.5. The van der Waals surface area contributed by atoms with E-state index in [1.807, 2.05) is 0 Å². The first-order valence-corrected chi connectivity index (χ1v) is 12.1. The second-order valence-electron chi connectivity index (χ2n) is 9.13. The van der Waals surface area contributed by atoms with E-state index in [0.29, 0.717) is 18.9 Å². The Morgan fingerprint density at radius 3 is 2.21 bits per heavy atom. The minimum Gasteiger partial charge on any atom is -0.481 e. The number of carboxylic acids is 2. The highest BCUT2D eigenvalue weighted by Gasteiger charge is 2.30. The van der Waals surface area contributed by atoms with Gasteiger partial charge < -0.3 is 31.1 Å². The Morgan fingerprint density at radius 2 is 1.68 bits per heavy atom. The Kier molecular flexibility index (Phi) is 13.2. The Hall–Kier alpha value is -2.69. The predicted molar refractivity (Wildman–Crippen MR) is 125 cm³/mol. The number of hydrogen-bond donors (Lipinski definition) is 5. The number of piperidine rings is 1. The molecule has 1 aliphatic rings. The van der Waals surface area contributed by atoms with Gasteiger partial charge in [0.2, 0.25) is 17.7 Å². The normalized spacial score (nSPS) is 15.9. The minimum absolute atomic E-state index is 0.173. The van der Waals surface area contributed by atoms with Gasteiger partial charge in [-0.2, -0.15) is 0 Å².